The lowest BCUT2D eigenvalue weighted by atomic mass is 10.0. The molecule has 0 saturated carbocycles. The van der Waals surface area contributed by atoms with Crippen LogP contribution in [0.4, 0.5) is 0 Å². The van der Waals surface area contributed by atoms with Crippen LogP contribution in [0.1, 0.15) is 52.9 Å². The number of aliphatic carboxylic acids is 6. The average Bonchev–Trinajstić information content (AvgIpc) is 2.57. The summed E-state index contributed by atoms with van der Waals surface area (Å²) in [6.45, 7) is 4.50. The molecular weight excluding hydrogens is 396 g/mol. The third-order valence-corrected chi connectivity index (χ3v) is 3.38. The molecule has 0 aromatic carbocycles. The second kappa shape index (κ2) is 17.0. The van der Waals surface area contributed by atoms with E-state index in [1.807, 2.05) is 0 Å². The monoisotopic (exact) mass is 424 g/mol. The molecule has 0 aliphatic heterocycles. The van der Waals surface area contributed by atoms with Crippen LogP contribution in [0.15, 0.2) is 0 Å². The molecule has 0 bridgehead atoms. The van der Waals surface area contributed by atoms with Crippen LogP contribution in [0, 0.1) is 17.8 Å². The Kier molecular flexibility index (Phi) is 17.9. The Hall–Kier alpha value is -3.18. The van der Waals surface area contributed by atoms with Gasteiger partial charge in [0.25, 0.3) is 0 Å². The molecule has 3 atom stereocenters. The van der Waals surface area contributed by atoms with Gasteiger partial charge in [0.05, 0.1) is 30.6 Å². The number of carbonyl (C=O) groups is 6. The largest absolute Gasteiger partial charge is 0.481 e. The van der Waals surface area contributed by atoms with Crippen molar-refractivity contribution in [2.75, 3.05) is 0 Å². The number of hydrogen-bond donors (Lipinski definition) is 6. The van der Waals surface area contributed by atoms with E-state index >= 15 is 0 Å². The first kappa shape index (κ1) is 30.5. The second-order valence-corrected chi connectivity index (χ2v) is 6.05. The van der Waals surface area contributed by atoms with Gasteiger partial charge in [0, 0.05) is 6.42 Å². The quantitative estimate of drug-likeness (QED) is 0.276. The summed E-state index contributed by atoms with van der Waals surface area (Å²) in [5, 5.41) is 49.2. The maximum atomic E-state index is 10.2. The summed E-state index contributed by atoms with van der Waals surface area (Å²) in [5.41, 5.74) is 0. The van der Waals surface area contributed by atoms with E-state index in [9.17, 15) is 28.8 Å². The van der Waals surface area contributed by atoms with Gasteiger partial charge in [0.2, 0.25) is 0 Å². The second-order valence-electron chi connectivity index (χ2n) is 6.05. The topological polar surface area (TPSA) is 224 Å². The molecule has 0 rings (SSSR count). The molecule has 0 fully saturated rings. The summed E-state index contributed by atoms with van der Waals surface area (Å²) in [6.07, 6.45) is -0.110. The van der Waals surface area contributed by atoms with E-state index in [-0.39, 0.29) is 25.7 Å². The van der Waals surface area contributed by atoms with Crippen molar-refractivity contribution in [3.63, 3.8) is 0 Å². The van der Waals surface area contributed by atoms with Crippen LogP contribution in [-0.4, -0.2) is 66.5 Å². The van der Waals surface area contributed by atoms with Crippen molar-refractivity contribution in [2.45, 2.75) is 52.9 Å². The molecule has 0 aromatic rings. The number of carboxylic acids is 6. The molecule has 0 radical (unpaired) electrons. The highest BCUT2D eigenvalue weighted by molar-refractivity contribution is 5.78. The van der Waals surface area contributed by atoms with Gasteiger partial charge in [0.1, 0.15) is 0 Å². The van der Waals surface area contributed by atoms with Gasteiger partial charge in [-0.1, -0.05) is 20.8 Å². The van der Waals surface area contributed by atoms with Crippen molar-refractivity contribution in [1.82, 2.24) is 0 Å². The lowest BCUT2D eigenvalue weighted by Crippen LogP contribution is -2.16. The highest BCUT2D eigenvalue weighted by Crippen LogP contribution is 2.07. The van der Waals surface area contributed by atoms with Crippen molar-refractivity contribution in [3.8, 4) is 0 Å². The highest BCUT2D eigenvalue weighted by Gasteiger charge is 2.18. The van der Waals surface area contributed by atoms with Crippen molar-refractivity contribution in [2.24, 2.45) is 17.8 Å². The number of carboxylic acid groups (broad SMARTS) is 6. The minimum atomic E-state index is -1.08. The van der Waals surface area contributed by atoms with E-state index in [0.717, 1.165) is 0 Å². The molecule has 0 aliphatic rings. The van der Waals surface area contributed by atoms with Crippen molar-refractivity contribution >= 4 is 35.8 Å². The first-order valence-electron chi connectivity index (χ1n) is 8.49. The van der Waals surface area contributed by atoms with E-state index in [0.29, 0.717) is 6.42 Å². The van der Waals surface area contributed by atoms with Gasteiger partial charge in [-0.3, -0.25) is 28.8 Å². The molecule has 12 nitrogen and oxygen atoms in total. The molecule has 0 heterocycles. The zero-order valence-electron chi connectivity index (χ0n) is 16.4. The van der Waals surface area contributed by atoms with E-state index in [4.69, 9.17) is 30.6 Å². The van der Waals surface area contributed by atoms with Crippen LogP contribution in [0.3, 0.4) is 0 Å². The van der Waals surface area contributed by atoms with E-state index < -0.39 is 53.6 Å². The van der Waals surface area contributed by atoms with Crippen LogP contribution in [0.25, 0.3) is 0 Å². The smallest absolute Gasteiger partial charge is 0.307 e. The normalized spacial score (nSPS) is 12.5. The molecule has 0 aliphatic carbocycles. The van der Waals surface area contributed by atoms with Crippen LogP contribution < -0.4 is 0 Å². The summed E-state index contributed by atoms with van der Waals surface area (Å²) in [7, 11) is 0. The van der Waals surface area contributed by atoms with Gasteiger partial charge >= 0.3 is 35.8 Å². The fourth-order valence-corrected chi connectivity index (χ4v) is 1.43. The zero-order valence-corrected chi connectivity index (χ0v) is 16.4. The van der Waals surface area contributed by atoms with Gasteiger partial charge in [0.15, 0.2) is 0 Å². The zero-order chi connectivity index (χ0) is 23.7. The molecular formula is C17H28O12. The van der Waals surface area contributed by atoms with E-state index in [1.165, 1.54) is 13.8 Å². The maximum absolute atomic E-state index is 10.2. The third kappa shape index (κ3) is 22.8. The maximum Gasteiger partial charge on any atom is 0.307 e. The minimum absolute atomic E-state index is 0.0759. The van der Waals surface area contributed by atoms with Crippen LogP contribution in [0.2, 0.25) is 0 Å². The summed E-state index contributed by atoms with van der Waals surface area (Å²) < 4.78 is 0. The number of hydrogen-bond acceptors (Lipinski definition) is 6. The molecule has 3 unspecified atom stereocenters. The Bertz CT molecular complexity index is 569. The molecule has 29 heavy (non-hydrogen) atoms. The first-order chi connectivity index (χ1) is 13.1. The van der Waals surface area contributed by atoms with Crippen LogP contribution >= 0.6 is 0 Å². The summed E-state index contributed by atoms with van der Waals surface area (Å²) in [4.78, 5) is 60.1. The lowest BCUT2D eigenvalue weighted by Gasteiger charge is -2.03. The van der Waals surface area contributed by atoms with Crippen molar-refractivity contribution in [3.05, 3.63) is 0 Å². The predicted octanol–water partition coefficient (Wildman–Crippen LogP) is 1.33. The molecule has 0 aromatic heterocycles. The Morgan fingerprint density at radius 2 is 1.03 bits per heavy atom. The average molecular weight is 424 g/mol. The SMILES string of the molecule is CC(CC(=O)O)C(=O)O.CC(CCC(=O)O)C(=O)O.CCC(CC(=O)O)C(=O)O. The molecule has 168 valence electrons. The predicted molar refractivity (Wildman–Crippen MR) is 96.4 cm³/mol. The van der Waals surface area contributed by atoms with Gasteiger partial charge in [-0.05, 0) is 12.8 Å². The fraction of sp³-hybridized carbons (Fsp3) is 0.647. The fourth-order valence-electron chi connectivity index (χ4n) is 1.43. The van der Waals surface area contributed by atoms with Crippen LogP contribution in [-0.2, 0) is 28.8 Å². The molecule has 12 heteroatoms. The van der Waals surface area contributed by atoms with Crippen molar-refractivity contribution < 1.29 is 59.4 Å². The van der Waals surface area contributed by atoms with E-state index in [1.54, 1.807) is 6.92 Å². The van der Waals surface area contributed by atoms with Gasteiger partial charge in [-0.15, -0.1) is 0 Å². The Morgan fingerprint density at radius 3 is 1.21 bits per heavy atom. The lowest BCUT2D eigenvalue weighted by molar-refractivity contribution is -0.148. The van der Waals surface area contributed by atoms with E-state index in [2.05, 4.69) is 0 Å². The van der Waals surface area contributed by atoms with Gasteiger partial charge < -0.3 is 30.6 Å². The first-order valence-corrected chi connectivity index (χ1v) is 8.49. The summed E-state index contributed by atoms with van der Waals surface area (Å²) in [5.74, 6) is -8.23. The molecule has 0 spiro atoms. The van der Waals surface area contributed by atoms with Crippen molar-refractivity contribution in [1.29, 1.82) is 0 Å². The Morgan fingerprint density at radius 1 is 0.621 bits per heavy atom. The van der Waals surface area contributed by atoms with Gasteiger partial charge in [-0.2, -0.15) is 0 Å². The summed E-state index contributed by atoms with van der Waals surface area (Å²) in [6, 6.07) is 0. The number of rotatable bonds is 11. The highest BCUT2D eigenvalue weighted by atomic mass is 16.4. The standard InChI is InChI=1S/2C6H10O4.C5H8O4/c1-4(6(9)10)2-3-5(7)8;1-2-4(6(9)10)3-5(7)8;1-3(5(8)9)2-4(6)7/h2*4H,2-3H2,1H3,(H,7,8)(H,9,10);3H,2H2,1H3,(H,6,7)(H,8,9). The van der Waals surface area contributed by atoms with Crippen LogP contribution in [0.5, 0.6) is 0 Å². The molecule has 6 N–H and O–H groups in total. The molecule has 0 amide bonds. The Labute approximate surface area is 166 Å². The Balaban J connectivity index is -0.000000350. The third-order valence-electron chi connectivity index (χ3n) is 3.38. The minimum Gasteiger partial charge on any atom is -0.481 e. The summed E-state index contributed by atoms with van der Waals surface area (Å²) >= 11 is 0. The molecule has 0 saturated heterocycles. The van der Waals surface area contributed by atoms with Gasteiger partial charge in [-0.25, -0.2) is 0 Å².